The van der Waals surface area contributed by atoms with Gasteiger partial charge in [-0.1, -0.05) is 0 Å². The minimum Gasteiger partial charge on any atom is -0.468 e. The van der Waals surface area contributed by atoms with Crippen molar-refractivity contribution in [3.63, 3.8) is 0 Å². The number of rotatable bonds is 1. The van der Waals surface area contributed by atoms with Crippen molar-refractivity contribution < 1.29 is 14.3 Å². The molecule has 2 aliphatic carbocycles. The molecule has 0 heterocycles. The van der Waals surface area contributed by atoms with E-state index in [4.69, 9.17) is 11.6 Å². The average molecular weight is 189 g/mol. The molecular formula is C8H9ClO3. The Hall–Kier alpha value is -0.570. The second-order valence-electron chi connectivity index (χ2n) is 3.35. The van der Waals surface area contributed by atoms with E-state index in [9.17, 15) is 9.59 Å². The van der Waals surface area contributed by atoms with E-state index in [0.29, 0.717) is 6.42 Å². The van der Waals surface area contributed by atoms with Gasteiger partial charge in [0, 0.05) is 12.3 Å². The van der Waals surface area contributed by atoms with Gasteiger partial charge in [-0.2, -0.15) is 0 Å². The highest BCUT2D eigenvalue weighted by atomic mass is 35.5. The van der Waals surface area contributed by atoms with Gasteiger partial charge in [-0.3, -0.25) is 9.59 Å². The lowest BCUT2D eigenvalue weighted by atomic mass is 10.1. The standard InChI is InChI=1S/C8H9ClO3/c1-12-7(11)8(9)4-2-3-5(10)6(4)8/h4,6H,2-3H2,1H3/t4-,6-,8-/m1/s1. The molecule has 0 amide bonds. The molecule has 4 heteroatoms. The number of Topliss-reactive ketones (excluding diaryl/α,β-unsaturated/α-hetero) is 1. The summed E-state index contributed by atoms with van der Waals surface area (Å²) in [7, 11) is 1.30. The van der Waals surface area contributed by atoms with Crippen LogP contribution in [0, 0.1) is 11.8 Å². The van der Waals surface area contributed by atoms with Gasteiger partial charge in [0.05, 0.1) is 13.0 Å². The number of ether oxygens (including phenoxy) is 1. The van der Waals surface area contributed by atoms with E-state index >= 15 is 0 Å². The summed E-state index contributed by atoms with van der Waals surface area (Å²) in [5.41, 5.74) is 0. The number of hydrogen-bond acceptors (Lipinski definition) is 3. The highest BCUT2D eigenvalue weighted by molar-refractivity contribution is 6.39. The Morgan fingerprint density at radius 2 is 2.42 bits per heavy atom. The molecule has 66 valence electrons. The Kier molecular flexibility index (Phi) is 1.49. The largest absolute Gasteiger partial charge is 0.468 e. The van der Waals surface area contributed by atoms with Gasteiger partial charge >= 0.3 is 5.97 Å². The zero-order chi connectivity index (χ0) is 8.93. The Bertz CT molecular complexity index is 263. The number of carbonyl (C=O) groups excluding carboxylic acids is 2. The van der Waals surface area contributed by atoms with Gasteiger partial charge < -0.3 is 4.74 Å². The van der Waals surface area contributed by atoms with Crippen LogP contribution < -0.4 is 0 Å². The van der Waals surface area contributed by atoms with Crippen LogP contribution in [0.25, 0.3) is 0 Å². The molecule has 0 spiro atoms. The van der Waals surface area contributed by atoms with E-state index < -0.39 is 10.8 Å². The number of methoxy groups -OCH3 is 1. The van der Waals surface area contributed by atoms with Gasteiger partial charge in [0.25, 0.3) is 0 Å². The Morgan fingerprint density at radius 3 is 2.83 bits per heavy atom. The van der Waals surface area contributed by atoms with Gasteiger partial charge in [0.2, 0.25) is 0 Å². The Labute approximate surface area is 75.0 Å². The molecule has 3 nitrogen and oxygen atoms in total. The number of hydrogen-bond donors (Lipinski definition) is 0. The summed E-state index contributed by atoms with van der Waals surface area (Å²) < 4.78 is 4.54. The van der Waals surface area contributed by atoms with E-state index in [1.54, 1.807) is 0 Å². The normalized spacial score (nSPS) is 44.0. The number of ketones is 1. The second kappa shape index (κ2) is 2.22. The van der Waals surface area contributed by atoms with Crippen LogP contribution in [0.1, 0.15) is 12.8 Å². The monoisotopic (exact) mass is 188 g/mol. The molecule has 12 heavy (non-hydrogen) atoms. The van der Waals surface area contributed by atoms with Crippen LogP contribution in [-0.4, -0.2) is 23.7 Å². The van der Waals surface area contributed by atoms with E-state index in [-0.39, 0.29) is 17.6 Å². The lowest BCUT2D eigenvalue weighted by molar-refractivity contribution is -0.142. The smallest absolute Gasteiger partial charge is 0.328 e. The zero-order valence-electron chi connectivity index (χ0n) is 6.67. The highest BCUT2D eigenvalue weighted by Crippen LogP contribution is 2.63. The molecule has 2 rings (SSSR count). The van der Waals surface area contributed by atoms with Crippen LogP contribution in [0.3, 0.4) is 0 Å². The number of halogens is 1. The number of carbonyl (C=O) groups is 2. The third-order valence-corrected chi connectivity index (χ3v) is 3.50. The molecular weight excluding hydrogens is 180 g/mol. The lowest BCUT2D eigenvalue weighted by Crippen LogP contribution is -2.25. The van der Waals surface area contributed by atoms with Crippen LogP contribution >= 0.6 is 11.6 Å². The van der Waals surface area contributed by atoms with Crippen molar-refractivity contribution >= 4 is 23.4 Å². The van der Waals surface area contributed by atoms with Crippen molar-refractivity contribution in [1.82, 2.24) is 0 Å². The molecule has 0 saturated heterocycles. The minimum atomic E-state index is -0.996. The summed E-state index contributed by atoms with van der Waals surface area (Å²) in [5.74, 6) is -0.557. The molecule has 0 bridgehead atoms. The number of fused-ring (bicyclic) bond motifs is 1. The minimum absolute atomic E-state index is 0.0408. The van der Waals surface area contributed by atoms with E-state index in [1.807, 2.05) is 0 Å². The van der Waals surface area contributed by atoms with Crippen LogP contribution in [0.5, 0.6) is 0 Å². The number of esters is 1. The summed E-state index contributed by atoms with van der Waals surface area (Å²) >= 11 is 5.96. The maximum absolute atomic E-state index is 11.2. The van der Waals surface area contributed by atoms with Crippen molar-refractivity contribution in [2.75, 3.05) is 7.11 Å². The zero-order valence-corrected chi connectivity index (χ0v) is 7.43. The van der Waals surface area contributed by atoms with E-state index in [2.05, 4.69) is 4.74 Å². The molecule has 3 atom stereocenters. The number of alkyl halides is 1. The predicted octanol–water partition coefficient (Wildman–Crippen LogP) is 0.746. The average Bonchev–Trinajstić information content (AvgIpc) is 2.44. The fourth-order valence-corrected chi connectivity index (χ4v) is 2.67. The molecule has 0 aliphatic heterocycles. The molecule has 0 unspecified atom stereocenters. The maximum Gasteiger partial charge on any atom is 0.328 e. The Balaban J connectivity index is 2.19. The summed E-state index contributed by atoms with van der Waals surface area (Å²) in [5, 5.41) is 0. The predicted molar refractivity (Wildman–Crippen MR) is 41.8 cm³/mol. The van der Waals surface area contributed by atoms with Gasteiger partial charge in [-0.05, 0) is 6.42 Å². The molecule has 2 fully saturated rings. The van der Waals surface area contributed by atoms with Crippen LogP contribution in [0.15, 0.2) is 0 Å². The molecule has 2 aliphatic rings. The van der Waals surface area contributed by atoms with Gasteiger partial charge in [0.15, 0.2) is 4.87 Å². The first-order valence-electron chi connectivity index (χ1n) is 3.92. The SMILES string of the molecule is COC(=O)[C@@]1(Cl)[C@@H]2CCC(=O)[C@@H]21. The molecule has 0 aromatic heterocycles. The van der Waals surface area contributed by atoms with Crippen LogP contribution in [-0.2, 0) is 14.3 Å². The fraction of sp³-hybridized carbons (Fsp3) is 0.750. The van der Waals surface area contributed by atoms with Crippen molar-refractivity contribution in [3.8, 4) is 0 Å². The summed E-state index contributed by atoms with van der Waals surface area (Å²) in [6.07, 6.45) is 1.31. The van der Waals surface area contributed by atoms with E-state index in [1.165, 1.54) is 7.11 Å². The first-order chi connectivity index (χ1) is 5.62. The van der Waals surface area contributed by atoms with E-state index in [0.717, 1.165) is 6.42 Å². The molecule has 0 aromatic carbocycles. The molecule has 0 radical (unpaired) electrons. The lowest BCUT2D eigenvalue weighted by Gasteiger charge is -2.08. The van der Waals surface area contributed by atoms with Crippen LogP contribution in [0.2, 0.25) is 0 Å². The third-order valence-electron chi connectivity index (χ3n) is 2.83. The van der Waals surface area contributed by atoms with Gasteiger partial charge in [0.1, 0.15) is 5.78 Å². The first kappa shape index (κ1) is 8.05. The first-order valence-corrected chi connectivity index (χ1v) is 4.30. The quantitative estimate of drug-likeness (QED) is 0.451. The Morgan fingerprint density at radius 1 is 1.75 bits per heavy atom. The van der Waals surface area contributed by atoms with Crippen molar-refractivity contribution in [1.29, 1.82) is 0 Å². The van der Waals surface area contributed by atoms with Crippen molar-refractivity contribution in [2.45, 2.75) is 17.7 Å². The topological polar surface area (TPSA) is 43.4 Å². The molecule has 0 N–H and O–H groups in total. The van der Waals surface area contributed by atoms with Crippen LogP contribution in [0.4, 0.5) is 0 Å². The second-order valence-corrected chi connectivity index (χ2v) is 3.97. The highest BCUT2D eigenvalue weighted by Gasteiger charge is 2.74. The maximum atomic E-state index is 11.2. The summed E-state index contributed by atoms with van der Waals surface area (Å²) in [4.78, 5) is 21.3. The van der Waals surface area contributed by atoms with Gasteiger partial charge in [-0.15, -0.1) is 11.6 Å². The van der Waals surface area contributed by atoms with Gasteiger partial charge in [-0.25, -0.2) is 0 Å². The summed E-state index contributed by atoms with van der Waals surface area (Å²) in [6, 6.07) is 0. The summed E-state index contributed by atoms with van der Waals surface area (Å²) in [6.45, 7) is 0. The van der Waals surface area contributed by atoms with Crippen molar-refractivity contribution in [3.05, 3.63) is 0 Å². The molecule has 0 aromatic rings. The third kappa shape index (κ3) is 0.724. The fourth-order valence-electron chi connectivity index (χ4n) is 2.15. The molecule has 2 saturated carbocycles. The van der Waals surface area contributed by atoms with Crippen molar-refractivity contribution in [2.24, 2.45) is 11.8 Å².